The molecule has 4 nitrogen and oxygen atoms in total. The molecule has 0 saturated carbocycles. The number of furan rings is 1. The Balaban J connectivity index is 1.40. The lowest BCUT2D eigenvalue weighted by Gasteiger charge is -2.13. The van der Waals surface area contributed by atoms with E-state index >= 15 is 0 Å². The molecule has 0 spiro atoms. The standard InChI is InChI=1S/C39H24N2O2/c1-3-11-25-21-33-28(19-23(25)9-1)27-13-5-7-15-31(27)41(33)32-17-18-35-37(38(32)39-40-30-14-6-8-16-34(30)43-39)29-20-24-10-2-4-12-26(24)22-36(29)42-35/h1-7,9-15,17-22H,8,16H2. The molecule has 0 aliphatic heterocycles. The highest BCUT2D eigenvalue weighted by Gasteiger charge is 2.26. The van der Waals surface area contributed by atoms with Crippen molar-refractivity contribution in [2.75, 3.05) is 0 Å². The van der Waals surface area contributed by atoms with Crippen LogP contribution in [-0.2, 0) is 6.42 Å². The number of aromatic nitrogens is 2. The molecule has 0 saturated heterocycles. The van der Waals surface area contributed by atoms with Gasteiger partial charge in [0.15, 0.2) is 0 Å². The van der Waals surface area contributed by atoms with Gasteiger partial charge >= 0.3 is 0 Å². The van der Waals surface area contributed by atoms with E-state index in [9.17, 15) is 0 Å². The molecule has 9 aromatic rings. The first-order valence-electron chi connectivity index (χ1n) is 14.8. The summed E-state index contributed by atoms with van der Waals surface area (Å²) in [5.74, 6) is 1.56. The molecular weight excluding hydrogens is 528 g/mol. The summed E-state index contributed by atoms with van der Waals surface area (Å²) in [5.41, 5.74) is 6.85. The minimum absolute atomic E-state index is 0.625. The number of aryl methyl sites for hydroxylation is 1. The Bertz CT molecular complexity index is 2630. The number of oxazole rings is 1. The third-order valence-corrected chi connectivity index (χ3v) is 9.02. The Kier molecular flexibility index (Phi) is 4.53. The first-order chi connectivity index (χ1) is 21.3. The molecule has 43 heavy (non-hydrogen) atoms. The van der Waals surface area contributed by atoms with E-state index in [4.69, 9.17) is 13.8 Å². The lowest BCUT2D eigenvalue weighted by atomic mass is 10.0. The van der Waals surface area contributed by atoms with Gasteiger partial charge in [-0.25, -0.2) is 4.98 Å². The summed E-state index contributed by atoms with van der Waals surface area (Å²) in [6.07, 6.45) is 6.06. The van der Waals surface area contributed by atoms with E-state index in [1.807, 2.05) is 0 Å². The van der Waals surface area contributed by atoms with Crippen LogP contribution in [0.4, 0.5) is 0 Å². The number of hydrogen-bond donors (Lipinski definition) is 0. The van der Waals surface area contributed by atoms with E-state index < -0.39 is 0 Å². The maximum atomic E-state index is 6.62. The fourth-order valence-electron chi connectivity index (χ4n) is 7.05. The van der Waals surface area contributed by atoms with Gasteiger partial charge in [0.2, 0.25) is 5.89 Å². The lowest BCUT2D eigenvalue weighted by molar-refractivity contribution is 0.516. The van der Waals surface area contributed by atoms with Crippen molar-refractivity contribution in [3.8, 4) is 17.1 Å². The van der Waals surface area contributed by atoms with Crippen LogP contribution in [0, 0.1) is 0 Å². The summed E-state index contributed by atoms with van der Waals surface area (Å²) in [7, 11) is 0. The topological polar surface area (TPSA) is 44.1 Å². The molecule has 0 unspecified atom stereocenters. The number of hydrogen-bond acceptors (Lipinski definition) is 3. The average molecular weight is 553 g/mol. The van der Waals surface area contributed by atoms with Crippen LogP contribution in [-0.4, -0.2) is 9.55 Å². The maximum Gasteiger partial charge on any atom is 0.229 e. The van der Waals surface area contributed by atoms with Gasteiger partial charge in [-0.15, -0.1) is 0 Å². The van der Waals surface area contributed by atoms with Crippen LogP contribution in [0.2, 0.25) is 0 Å². The molecule has 3 aromatic heterocycles. The summed E-state index contributed by atoms with van der Waals surface area (Å²) in [6.45, 7) is 0. The van der Waals surface area contributed by atoms with Crippen LogP contribution in [0.15, 0.2) is 124 Å². The van der Waals surface area contributed by atoms with Crippen molar-refractivity contribution < 1.29 is 8.83 Å². The summed E-state index contributed by atoms with van der Waals surface area (Å²) in [4.78, 5) is 5.09. The zero-order chi connectivity index (χ0) is 28.1. The monoisotopic (exact) mass is 552 g/mol. The van der Waals surface area contributed by atoms with Crippen molar-refractivity contribution in [2.45, 2.75) is 12.8 Å². The number of fused-ring (bicyclic) bond motifs is 9. The van der Waals surface area contributed by atoms with E-state index in [1.165, 1.54) is 26.9 Å². The zero-order valence-electron chi connectivity index (χ0n) is 23.2. The first kappa shape index (κ1) is 23.0. The normalized spacial score (nSPS) is 13.3. The average Bonchev–Trinajstić information content (AvgIpc) is 3.73. The molecule has 3 heterocycles. The number of rotatable bonds is 2. The maximum absolute atomic E-state index is 6.62. The van der Waals surface area contributed by atoms with Crippen molar-refractivity contribution in [3.05, 3.63) is 127 Å². The molecule has 0 bridgehead atoms. The van der Waals surface area contributed by atoms with Crippen LogP contribution in [0.25, 0.3) is 88.5 Å². The summed E-state index contributed by atoms with van der Waals surface area (Å²) < 4.78 is 15.5. The van der Waals surface area contributed by atoms with Gasteiger partial charge in [-0.1, -0.05) is 72.8 Å². The predicted molar refractivity (Wildman–Crippen MR) is 176 cm³/mol. The highest BCUT2D eigenvalue weighted by molar-refractivity contribution is 6.18. The van der Waals surface area contributed by atoms with E-state index in [0.717, 1.165) is 73.9 Å². The molecule has 0 fully saturated rings. The molecule has 202 valence electrons. The van der Waals surface area contributed by atoms with Crippen LogP contribution >= 0.6 is 0 Å². The second-order valence-corrected chi connectivity index (χ2v) is 11.5. The molecule has 0 atom stereocenters. The zero-order valence-corrected chi connectivity index (χ0v) is 23.2. The van der Waals surface area contributed by atoms with Crippen molar-refractivity contribution in [1.29, 1.82) is 0 Å². The minimum Gasteiger partial charge on any atom is -0.456 e. The molecular formula is C39H24N2O2. The molecule has 1 aliphatic rings. The van der Waals surface area contributed by atoms with Gasteiger partial charge in [0, 0.05) is 28.0 Å². The van der Waals surface area contributed by atoms with Gasteiger partial charge in [-0.2, -0.15) is 0 Å². The van der Waals surface area contributed by atoms with Crippen LogP contribution in [0.1, 0.15) is 17.9 Å². The molecule has 0 N–H and O–H groups in total. The molecule has 0 radical (unpaired) electrons. The third-order valence-electron chi connectivity index (χ3n) is 9.02. The molecule has 1 aliphatic carbocycles. The summed E-state index contributed by atoms with van der Waals surface area (Å²) in [6, 6.07) is 38.9. The Morgan fingerprint density at radius 1 is 0.605 bits per heavy atom. The number of allylic oxidation sites excluding steroid dienone is 1. The lowest BCUT2D eigenvalue weighted by Crippen LogP contribution is -1.98. The van der Waals surface area contributed by atoms with Crippen LogP contribution in [0.3, 0.4) is 0 Å². The van der Waals surface area contributed by atoms with E-state index in [0.29, 0.717) is 5.89 Å². The molecule has 10 rings (SSSR count). The Hall–Kier alpha value is -5.61. The Morgan fingerprint density at radius 3 is 2.14 bits per heavy atom. The fourth-order valence-corrected chi connectivity index (χ4v) is 7.05. The minimum atomic E-state index is 0.625. The summed E-state index contributed by atoms with van der Waals surface area (Å²) in [5, 5.41) is 9.28. The first-order valence-corrected chi connectivity index (χ1v) is 14.8. The van der Waals surface area contributed by atoms with Gasteiger partial charge in [-0.3, -0.25) is 0 Å². The second-order valence-electron chi connectivity index (χ2n) is 11.5. The van der Waals surface area contributed by atoms with Crippen molar-refractivity contribution >= 4 is 71.4 Å². The van der Waals surface area contributed by atoms with Crippen LogP contribution in [0.5, 0.6) is 0 Å². The number of nitrogens with zero attached hydrogens (tertiary/aromatic N) is 2. The SMILES string of the molecule is C1=Cc2nc(-c3c(-n4c5ccccc5c5cc6ccccc6cc54)ccc4oc5cc6ccccc6cc5c34)oc2CC1. The smallest absolute Gasteiger partial charge is 0.229 e. The van der Waals surface area contributed by atoms with E-state index in [1.54, 1.807) is 0 Å². The largest absolute Gasteiger partial charge is 0.456 e. The van der Waals surface area contributed by atoms with Gasteiger partial charge in [0.25, 0.3) is 0 Å². The highest BCUT2D eigenvalue weighted by atomic mass is 16.4. The number of para-hydroxylation sites is 1. The van der Waals surface area contributed by atoms with Crippen molar-refractivity contribution in [1.82, 2.24) is 9.55 Å². The van der Waals surface area contributed by atoms with Gasteiger partial charge in [0.05, 0.1) is 22.3 Å². The molecule has 0 amide bonds. The van der Waals surface area contributed by atoms with E-state index in [-0.39, 0.29) is 0 Å². The second kappa shape index (κ2) is 8.46. The van der Waals surface area contributed by atoms with Crippen molar-refractivity contribution in [3.63, 3.8) is 0 Å². The number of benzene rings is 6. The summed E-state index contributed by atoms with van der Waals surface area (Å²) >= 11 is 0. The van der Waals surface area contributed by atoms with Gasteiger partial charge < -0.3 is 13.4 Å². The Labute approximate surface area is 246 Å². The van der Waals surface area contributed by atoms with Gasteiger partial charge in [-0.05, 0) is 76.5 Å². The third kappa shape index (κ3) is 3.23. The predicted octanol–water partition coefficient (Wildman–Crippen LogP) is 10.6. The van der Waals surface area contributed by atoms with Gasteiger partial charge in [0.1, 0.15) is 22.6 Å². The molecule has 4 heteroatoms. The quantitative estimate of drug-likeness (QED) is 0.214. The molecule has 6 aromatic carbocycles. The Morgan fingerprint density at radius 2 is 1.33 bits per heavy atom. The highest BCUT2D eigenvalue weighted by Crippen LogP contribution is 2.45. The van der Waals surface area contributed by atoms with Crippen molar-refractivity contribution in [2.24, 2.45) is 0 Å². The van der Waals surface area contributed by atoms with Crippen LogP contribution < -0.4 is 0 Å². The fraction of sp³-hybridized carbons (Fsp3) is 0.0513. The van der Waals surface area contributed by atoms with E-state index in [2.05, 4.69) is 126 Å².